The summed E-state index contributed by atoms with van der Waals surface area (Å²) in [6.45, 7) is 9.30. The average Bonchev–Trinajstić information content (AvgIpc) is 3.13. The number of hydrogen-bond donors (Lipinski definition) is 1. The van der Waals surface area contributed by atoms with Crippen molar-refractivity contribution >= 4 is 17.4 Å². The summed E-state index contributed by atoms with van der Waals surface area (Å²) in [7, 11) is 5.86. The minimum atomic E-state index is -0.293. The van der Waals surface area contributed by atoms with Gasteiger partial charge in [0.15, 0.2) is 5.82 Å². The number of anilines is 1. The van der Waals surface area contributed by atoms with Crippen LogP contribution in [0.1, 0.15) is 51.2 Å². The summed E-state index contributed by atoms with van der Waals surface area (Å²) < 4.78 is 5.77. The molecule has 8 nitrogen and oxygen atoms in total. The van der Waals surface area contributed by atoms with Crippen molar-refractivity contribution in [2.45, 2.75) is 52.5 Å². The molecule has 0 fully saturated rings. The number of aryl methyl sites for hydroxylation is 1. The van der Waals surface area contributed by atoms with E-state index in [-0.39, 0.29) is 18.0 Å². The molecule has 0 saturated carbocycles. The molecule has 8 heteroatoms. The van der Waals surface area contributed by atoms with E-state index in [0.717, 1.165) is 42.9 Å². The zero-order valence-electron chi connectivity index (χ0n) is 20.4. The number of carbonyl (C=O) groups excluding carboxylic acids is 1. The predicted octanol–water partition coefficient (Wildman–Crippen LogP) is 2.18. The number of carbonyl (C=O) groups is 1. The topological polar surface area (TPSA) is 83.0 Å². The number of terminal acetylenes is 1. The molecule has 1 aliphatic carbocycles. The van der Waals surface area contributed by atoms with Gasteiger partial charge in [0.05, 0.1) is 12.3 Å². The normalized spacial score (nSPS) is 14.2. The number of hydrogen-bond acceptors (Lipinski definition) is 7. The van der Waals surface area contributed by atoms with Crippen LogP contribution in [-0.2, 0) is 22.4 Å². The zero-order valence-corrected chi connectivity index (χ0v) is 20.4. The molecular weight excluding hydrogens is 404 g/mol. The standard InChI is InChI=1S/C24H36N6O2/c1-9-25-20(15-17(2)32-14-13-29(6)7)22-26-19-12-10-11-18(19)23(27-22)30(8)16-21(31)28-24(3,4)5/h1,15H,10-14,16H2,2-8H3,(H,28,31)/b17-15+,25-20+. The lowest BCUT2D eigenvalue weighted by molar-refractivity contribution is -0.121. The van der Waals surface area contributed by atoms with Gasteiger partial charge in [-0.15, -0.1) is 0 Å². The summed E-state index contributed by atoms with van der Waals surface area (Å²) in [5, 5.41) is 2.99. The van der Waals surface area contributed by atoms with Crippen molar-refractivity contribution in [2.24, 2.45) is 4.99 Å². The van der Waals surface area contributed by atoms with Crippen LogP contribution in [0.5, 0.6) is 0 Å². The minimum Gasteiger partial charge on any atom is -0.497 e. The lowest BCUT2D eigenvalue weighted by Crippen LogP contribution is -2.45. The number of ether oxygens (including phenoxy) is 1. The third kappa shape index (κ3) is 7.65. The number of nitrogens with one attached hydrogen (secondary N) is 1. The van der Waals surface area contributed by atoms with Gasteiger partial charge in [-0.2, -0.15) is 4.99 Å². The monoisotopic (exact) mass is 440 g/mol. The second kappa shape index (κ2) is 11.1. The van der Waals surface area contributed by atoms with Crippen molar-refractivity contribution in [3.63, 3.8) is 0 Å². The maximum absolute atomic E-state index is 12.5. The summed E-state index contributed by atoms with van der Waals surface area (Å²) in [5.41, 5.74) is 2.25. The predicted molar refractivity (Wildman–Crippen MR) is 129 cm³/mol. The van der Waals surface area contributed by atoms with E-state index >= 15 is 0 Å². The largest absolute Gasteiger partial charge is 0.497 e. The van der Waals surface area contributed by atoms with Crippen LogP contribution in [0.3, 0.4) is 0 Å². The van der Waals surface area contributed by atoms with Crippen LogP contribution in [0.15, 0.2) is 16.8 Å². The number of aliphatic imine (C=N–C) groups is 1. The Morgan fingerprint density at radius 2 is 2.00 bits per heavy atom. The maximum atomic E-state index is 12.5. The van der Waals surface area contributed by atoms with E-state index in [0.29, 0.717) is 23.9 Å². The van der Waals surface area contributed by atoms with E-state index in [1.165, 1.54) is 0 Å². The molecule has 1 aromatic heterocycles. The summed E-state index contributed by atoms with van der Waals surface area (Å²) >= 11 is 0. The molecule has 1 N–H and O–H groups in total. The number of amides is 1. The minimum absolute atomic E-state index is 0.0607. The SMILES string of the molecule is C#C/N=C(\C=C(/C)OCCN(C)C)c1nc2c(c(N(C)CC(=O)NC(C)(C)C)n1)CCC2. The number of likely N-dealkylation sites (N-methyl/N-ethyl adjacent to an activating group) is 2. The first-order valence-corrected chi connectivity index (χ1v) is 10.9. The Hall–Kier alpha value is -2.92. The Balaban J connectivity index is 2.32. The van der Waals surface area contributed by atoms with Crippen molar-refractivity contribution in [2.75, 3.05) is 45.7 Å². The lowest BCUT2D eigenvalue weighted by atomic mass is 10.1. The highest BCUT2D eigenvalue weighted by atomic mass is 16.5. The molecule has 1 aliphatic rings. The van der Waals surface area contributed by atoms with E-state index in [1.807, 2.05) is 58.6 Å². The highest BCUT2D eigenvalue weighted by Crippen LogP contribution is 2.28. The fourth-order valence-corrected chi connectivity index (χ4v) is 3.43. The van der Waals surface area contributed by atoms with Gasteiger partial charge in [0.1, 0.15) is 18.1 Å². The molecule has 32 heavy (non-hydrogen) atoms. The van der Waals surface area contributed by atoms with E-state index in [1.54, 1.807) is 6.08 Å². The van der Waals surface area contributed by atoms with Crippen LogP contribution in [0, 0.1) is 12.5 Å². The van der Waals surface area contributed by atoms with Gasteiger partial charge < -0.3 is 19.9 Å². The van der Waals surface area contributed by atoms with E-state index in [4.69, 9.17) is 21.1 Å². The maximum Gasteiger partial charge on any atom is 0.239 e. The van der Waals surface area contributed by atoms with Gasteiger partial charge in [-0.3, -0.25) is 4.79 Å². The molecular formula is C24H36N6O2. The Labute approximate surface area is 192 Å². The molecule has 0 bridgehead atoms. The van der Waals surface area contributed by atoms with Gasteiger partial charge in [-0.1, -0.05) is 6.42 Å². The van der Waals surface area contributed by atoms with Crippen LogP contribution in [-0.4, -0.2) is 72.9 Å². The fraction of sp³-hybridized carbons (Fsp3) is 0.583. The fourth-order valence-electron chi connectivity index (χ4n) is 3.43. The van der Waals surface area contributed by atoms with Crippen LogP contribution in [0.4, 0.5) is 5.82 Å². The summed E-state index contributed by atoms with van der Waals surface area (Å²) in [6.07, 6.45) is 10.0. The molecule has 1 aromatic rings. The molecule has 0 spiro atoms. The van der Waals surface area contributed by atoms with Crippen LogP contribution in [0.25, 0.3) is 0 Å². The molecule has 0 saturated heterocycles. The van der Waals surface area contributed by atoms with Crippen molar-refractivity contribution in [3.8, 4) is 12.5 Å². The van der Waals surface area contributed by atoms with E-state index < -0.39 is 0 Å². The molecule has 1 heterocycles. The van der Waals surface area contributed by atoms with Crippen LogP contribution < -0.4 is 10.2 Å². The van der Waals surface area contributed by atoms with Gasteiger partial charge in [0.2, 0.25) is 5.91 Å². The first-order chi connectivity index (χ1) is 15.0. The van der Waals surface area contributed by atoms with Gasteiger partial charge in [0.25, 0.3) is 0 Å². The highest BCUT2D eigenvalue weighted by molar-refractivity contribution is 6.07. The third-order valence-corrected chi connectivity index (χ3v) is 4.79. The van der Waals surface area contributed by atoms with Crippen molar-refractivity contribution in [1.82, 2.24) is 20.2 Å². The van der Waals surface area contributed by atoms with Crippen molar-refractivity contribution < 1.29 is 9.53 Å². The summed E-state index contributed by atoms with van der Waals surface area (Å²) in [6, 6.07) is 2.34. The van der Waals surface area contributed by atoms with Gasteiger partial charge >= 0.3 is 0 Å². The van der Waals surface area contributed by atoms with Crippen molar-refractivity contribution in [3.05, 3.63) is 28.9 Å². The molecule has 1 amide bonds. The molecule has 0 atom stereocenters. The van der Waals surface area contributed by atoms with E-state index in [2.05, 4.69) is 16.4 Å². The van der Waals surface area contributed by atoms with Gasteiger partial charge in [0, 0.05) is 42.5 Å². The van der Waals surface area contributed by atoms with E-state index in [9.17, 15) is 4.79 Å². The van der Waals surface area contributed by atoms with Crippen LogP contribution >= 0.6 is 0 Å². The quantitative estimate of drug-likeness (QED) is 0.360. The molecule has 0 radical (unpaired) electrons. The molecule has 174 valence electrons. The van der Waals surface area contributed by atoms with Crippen LogP contribution in [0.2, 0.25) is 0 Å². The first kappa shape index (κ1) is 25.3. The van der Waals surface area contributed by atoms with Gasteiger partial charge in [-0.25, -0.2) is 9.97 Å². The zero-order chi connectivity index (χ0) is 23.9. The number of allylic oxidation sites excluding steroid dienone is 2. The Kier molecular flexibility index (Phi) is 8.79. The molecule has 0 unspecified atom stereocenters. The Morgan fingerprint density at radius 3 is 2.62 bits per heavy atom. The summed E-state index contributed by atoms with van der Waals surface area (Å²) in [5.74, 6) is 1.81. The number of fused-ring (bicyclic) bond motifs is 1. The molecule has 0 aromatic carbocycles. The number of nitrogens with zero attached hydrogens (tertiary/aromatic N) is 5. The number of rotatable bonds is 9. The van der Waals surface area contributed by atoms with Crippen molar-refractivity contribution in [1.29, 1.82) is 0 Å². The van der Waals surface area contributed by atoms with Gasteiger partial charge in [-0.05, 0) is 61.1 Å². The average molecular weight is 441 g/mol. The third-order valence-electron chi connectivity index (χ3n) is 4.79. The second-order valence-corrected chi connectivity index (χ2v) is 9.34. The molecule has 0 aliphatic heterocycles. The summed E-state index contributed by atoms with van der Waals surface area (Å²) in [4.78, 5) is 30.1. The second-order valence-electron chi connectivity index (χ2n) is 9.34. The smallest absolute Gasteiger partial charge is 0.239 e. The highest BCUT2D eigenvalue weighted by Gasteiger charge is 2.24. The Bertz CT molecular complexity index is 922. The number of aromatic nitrogens is 2. The molecule has 2 rings (SSSR count). The first-order valence-electron chi connectivity index (χ1n) is 10.9. The Morgan fingerprint density at radius 1 is 1.28 bits per heavy atom. The lowest BCUT2D eigenvalue weighted by Gasteiger charge is -2.25.